The lowest BCUT2D eigenvalue weighted by molar-refractivity contribution is 0.141. The van der Waals surface area contributed by atoms with Crippen LogP contribution >= 0.6 is 0 Å². The Balaban J connectivity index is 1.94. The van der Waals surface area contributed by atoms with Crippen LogP contribution in [0.15, 0.2) is 28.7 Å². The van der Waals surface area contributed by atoms with Crippen molar-refractivity contribution in [3.63, 3.8) is 0 Å². The third-order valence-electron chi connectivity index (χ3n) is 4.94. The van der Waals surface area contributed by atoms with Gasteiger partial charge in [-0.05, 0) is 38.3 Å². The number of rotatable bonds is 6. The molecule has 1 fully saturated rings. The molecular formula is C18H26N2O. The first kappa shape index (κ1) is 14.6. The molecule has 114 valence electrons. The topological polar surface area (TPSA) is 42.4 Å². The molecule has 1 aromatic carbocycles. The Morgan fingerprint density at radius 1 is 1.33 bits per heavy atom. The highest BCUT2D eigenvalue weighted by Crippen LogP contribution is 2.35. The number of likely N-dealkylation sites (N-methyl/N-ethyl adjacent to an activating group) is 1. The second-order valence-corrected chi connectivity index (χ2v) is 6.20. The van der Waals surface area contributed by atoms with E-state index in [0.717, 1.165) is 30.4 Å². The Bertz CT molecular complexity index is 600. The van der Waals surface area contributed by atoms with Gasteiger partial charge in [0.25, 0.3) is 0 Å². The van der Waals surface area contributed by atoms with E-state index in [1.165, 1.54) is 30.2 Å². The average molecular weight is 286 g/mol. The fraction of sp³-hybridized carbons (Fsp3) is 0.556. The number of benzene rings is 1. The number of nitrogens with two attached hydrogens (primary N) is 1. The molecule has 21 heavy (non-hydrogen) atoms. The zero-order valence-corrected chi connectivity index (χ0v) is 13.1. The summed E-state index contributed by atoms with van der Waals surface area (Å²) in [5, 5.41) is 1.22. The van der Waals surface area contributed by atoms with Crippen molar-refractivity contribution in [3.05, 3.63) is 35.6 Å². The van der Waals surface area contributed by atoms with Gasteiger partial charge in [-0.2, -0.15) is 0 Å². The van der Waals surface area contributed by atoms with Gasteiger partial charge in [-0.1, -0.05) is 31.5 Å². The molecule has 2 N–H and O–H groups in total. The highest BCUT2D eigenvalue weighted by Gasteiger charge is 2.28. The van der Waals surface area contributed by atoms with E-state index in [-0.39, 0.29) is 6.04 Å². The van der Waals surface area contributed by atoms with Crippen molar-refractivity contribution in [1.82, 2.24) is 4.90 Å². The fourth-order valence-electron chi connectivity index (χ4n) is 3.54. The predicted molar refractivity (Wildman–Crippen MR) is 87.3 cm³/mol. The Morgan fingerprint density at radius 2 is 2.10 bits per heavy atom. The minimum absolute atomic E-state index is 0.263. The largest absolute Gasteiger partial charge is 0.461 e. The summed E-state index contributed by atoms with van der Waals surface area (Å²) in [6.45, 7) is 7.15. The maximum Gasteiger partial charge on any atom is 0.134 e. The molecule has 2 aromatic rings. The number of para-hydroxylation sites is 1. The summed E-state index contributed by atoms with van der Waals surface area (Å²) >= 11 is 0. The molecule has 0 radical (unpaired) electrons. The Hall–Kier alpha value is -1.32. The number of aryl methyl sites for hydroxylation is 1. The van der Waals surface area contributed by atoms with E-state index in [0.29, 0.717) is 6.54 Å². The molecule has 3 nitrogen and oxygen atoms in total. The summed E-state index contributed by atoms with van der Waals surface area (Å²) in [6, 6.07) is 8.57. The van der Waals surface area contributed by atoms with Crippen molar-refractivity contribution < 1.29 is 4.42 Å². The van der Waals surface area contributed by atoms with Gasteiger partial charge in [-0.25, -0.2) is 0 Å². The molecule has 0 saturated heterocycles. The summed E-state index contributed by atoms with van der Waals surface area (Å²) in [5.74, 6) is 1.87. The van der Waals surface area contributed by atoms with Gasteiger partial charge < -0.3 is 10.2 Å². The second-order valence-electron chi connectivity index (χ2n) is 6.20. The molecule has 0 amide bonds. The summed E-state index contributed by atoms with van der Waals surface area (Å²) in [7, 11) is 0. The minimum Gasteiger partial charge on any atom is -0.461 e. The molecule has 1 saturated carbocycles. The molecule has 3 rings (SSSR count). The molecule has 1 atom stereocenters. The number of hydrogen-bond donors (Lipinski definition) is 1. The third kappa shape index (κ3) is 2.72. The maximum atomic E-state index is 6.15. The SMILES string of the molecule is CCN(CC1CCC1)C(CN)c1c(C)oc2ccccc12. The molecule has 0 spiro atoms. The summed E-state index contributed by atoms with van der Waals surface area (Å²) in [6.07, 6.45) is 4.14. The van der Waals surface area contributed by atoms with Crippen LogP contribution in [-0.2, 0) is 0 Å². The number of hydrogen-bond acceptors (Lipinski definition) is 3. The summed E-state index contributed by atoms with van der Waals surface area (Å²) in [5.41, 5.74) is 8.41. The van der Waals surface area contributed by atoms with Gasteiger partial charge in [-0.15, -0.1) is 0 Å². The van der Waals surface area contributed by atoms with Gasteiger partial charge in [0.2, 0.25) is 0 Å². The maximum absolute atomic E-state index is 6.15. The molecular weight excluding hydrogens is 260 g/mol. The number of furan rings is 1. The van der Waals surface area contributed by atoms with Crippen molar-refractivity contribution in [1.29, 1.82) is 0 Å². The summed E-state index contributed by atoms with van der Waals surface area (Å²) < 4.78 is 5.94. The van der Waals surface area contributed by atoms with Crippen LogP contribution in [0.4, 0.5) is 0 Å². The van der Waals surface area contributed by atoms with Crippen LogP contribution < -0.4 is 5.73 Å². The van der Waals surface area contributed by atoms with Crippen LogP contribution in [0, 0.1) is 12.8 Å². The molecule has 3 heteroatoms. The van der Waals surface area contributed by atoms with Crippen LogP contribution in [0.3, 0.4) is 0 Å². The van der Waals surface area contributed by atoms with Crippen molar-refractivity contribution in [2.75, 3.05) is 19.6 Å². The van der Waals surface area contributed by atoms with E-state index < -0.39 is 0 Å². The number of nitrogens with zero attached hydrogens (tertiary/aromatic N) is 1. The van der Waals surface area contributed by atoms with Crippen molar-refractivity contribution in [2.24, 2.45) is 11.7 Å². The Morgan fingerprint density at radius 3 is 2.71 bits per heavy atom. The number of fused-ring (bicyclic) bond motifs is 1. The van der Waals surface area contributed by atoms with Gasteiger partial charge >= 0.3 is 0 Å². The van der Waals surface area contributed by atoms with E-state index in [1.54, 1.807) is 0 Å². The van der Waals surface area contributed by atoms with Crippen LogP contribution in [0.5, 0.6) is 0 Å². The lowest BCUT2D eigenvalue weighted by Gasteiger charge is -2.36. The van der Waals surface area contributed by atoms with E-state index in [9.17, 15) is 0 Å². The highest BCUT2D eigenvalue weighted by molar-refractivity contribution is 5.82. The van der Waals surface area contributed by atoms with Crippen LogP contribution in [0.2, 0.25) is 0 Å². The standard InChI is InChI=1S/C18H26N2O/c1-3-20(12-14-7-6-8-14)16(11-19)18-13(2)21-17-10-5-4-9-15(17)18/h4-5,9-10,14,16H,3,6-8,11-12,19H2,1-2H3. The molecule has 1 unspecified atom stereocenters. The van der Waals surface area contributed by atoms with Gasteiger partial charge in [0.1, 0.15) is 11.3 Å². The quantitative estimate of drug-likeness (QED) is 0.876. The van der Waals surface area contributed by atoms with Crippen molar-refractivity contribution in [2.45, 2.75) is 39.2 Å². The smallest absolute Gasteiger partial charge is 0.134 e. The second kappa shape index (κ2) is 6.20. The van der Waals surface area contributed by atoms with Gasteiger partial charge in [-0.3, -0.25) is 4.90 Å². The molecule has 0 bridgehead atoms. The summed E-state index contributed by atoms with van der Waals surface area (Å²) in [4.78, 5) is 2.54. The first-order valence-electron chi connectivity index (χ1n) is 8.16. The van der Waals surface area contributed by atoms with Crippen LogP contribution in [0.25, 0.3) is 11.0 Å². The van der Waals surface area contributed by atoms with Crippen molar-refractivity contribution in [3.8, 4) is 0 Å². The average Bonchev–Trinajstić information content (AvgIpc) is 2.78. The lowest BCUT2D eigenvalue weighted by Crippen LogP contribution is -2.39. The van der Waals surface area contributed by atoms with Crippen LogP contribution in [0.1, 0.15) is 43.6 Å². The van der Waals surface area contributed by atoms with Gasteiger partial charge in [0, 0.05) is 24.0 Å². The van der Waals surface area contributed by atoms with E-state index in [2.05, 4.69) is 30.9 Å². The molecule has 1 aromatic heterocycles. The predicted octanol–water partition coefficient (Wildman–Crippen LogP) is 3.86. The monoisotopic (exact) mass is 286 g/mol. The van der Waals surface area contributed by atoms with Gasteiger partial charge in [0.15, 0.2) is 0 Å². The highest BCUT2D eigenvalue weighted by atomic mass is 16.3. The lowest BCUT2D eigenvalue weighted by atomic mass is 9.84. The van der Waals surface area contributed by atoms with E-state index in [4.69, 9.17) is 10.2 Å². The Labute approximate surface area is 127 Å². The first-order chi connectivity index (χ1) is 10.2. The van der Waals surface area contributed by atoms with E-state index >= 15 is 0 Å². The molecule has 0 aliphatic heterocycles. The van der Waals surface area contributed by atoms with Crippen molar-refractivity contribution >= 4 is 11.0 Å². The Kier molecular flexibility index (Phi) is 4.32. The zero-order chi connectivity index (χ0) is 14.8. The normalized spacial score (nSPS) is 17.3. The first-order valence-corrected chi connectivity index (χ1v) is 8.16. The molecule has 1 aliphatic rings. The van der Waals surface area contributed by atoms with Gasteiger partial charge in [0.05, 0.1) is 6.04 Å². The zero-order valence-electron chi connectivity index (χ0n) is 13.1. The fourth-order valence-corrected chi connectivity index (χ4v) is 3.54. The molecule has 1 aliphatic carbocycles. The van der Waals surface area contributed by atoms with Crippen LogP contribution in [-0.4, -0.2) is 24.5 Å². The molecule has 1 heterocycles. The van der Waals surface area contributed by atoms with E-state index in [1.807, 2.05) is 12.1 Å². The minimum atomic E-state index is 0.263. The third-order valence-corrected chi connectivity index (χ3v) is 4.94.